The summed E-state index contributed by atoms with van der Waals surface area (Å²) in [6, 6.07) is 10.2. The number of aromatic nitrogens is 1. The number of ether oxygens (including phenoxy) is 1. The SMILES string of the molecule is CC1COCCN1C(=O)Cc1csc(-c2ccccc2)n1. The summed E-state index contributed by atoms with van der Waals surface area (Å²) in [7, 11) is 0. The number of morpholine rings is 1. The van der Waals surface area contributed by atoms with Crippen molar-refractivity contribution in [2.75, 3.05) is 19.8 Å². The first-order chi connectivity index (χ1) is 10.2. The lowest BCUT2D eigenvalue weighted by atomic mass is 10.2. The standard InChI is InChI=1S/C16H18N2O2S/c1-12-10-20-8-7-18(12)15(19)9-14-11-21-16(17-14)13-5-3-2-4-6-13/h2-6,11-12H,7-10H2,1H3. The van der Waals surface area contributed by atoms with Crippen LogP contribution in [0.25, 0.3) is 10.6 Å². The summed E-state index contributed by atoms with van der Waals surface area (Å²) in [6.07, 6.45) is 0.369. The first kappa shape index (κ1) is 14.2. The normalized spacial score (nSPS) is 18.7. The number of nitrogens with zero attached hydrogens (tertiary/aromatic N) is 2. The van der Waals surface area contributed by atoms with Crippen molar-refractivity contribution in [2.24, 2.45) is 0 Å². The van der Waals surface area contributed by atoms with Crippen LogP contribution in [0.4, 0.5) is 0 Å². The Balaban J connectivity index is 1.68. The smallest absolute Gasteiger partial charge is 0.229 e. The number of hydrogen-bond donors (Lipinski definition) is 0. The number of benzene rings is 1. The van der Waals surface area contributed by atoms with Gasteiger partial charge in [0.05, 0.1) is 31.4 Å². The van der Waals surface area contributed by atoms with Gasteiger partial charge in [0.15, 0.2) is 0 Å². The second-order valence-corrected chi connectivity index (χ2v) is 6.06. The Kier molecular flexibility index (Phi) is 4.31. The summed E-state index contributed by atoms with van der Waals surface area (Å²) in [5.41, 5.74) is 1.95. The molecule has 0 N–H and O–H groups in total. The fourth-order valence-electron chi connectivity index (χ4n) is 2.46. The molecule has 1 aromatic carbocycles. The number of thiazole rings is 1. The maximum Gasteiger partial charge on any atom is 0.229 e. The summed E-state index contributed by atoms with van der Waals surface area (Å²) in [5.74, 6) is 0.135. The minimum Gasteiger partial charge on any atom is -0.377 e. The van der Waals surface area contributed by atoms with Crippen LogP contribution < -0.4 is 0 Å². The predicted octanol–water partition coefficient (Wildman–Crippen LogP) is 2.60. The highest BCUT2D eigenvalue weighted by atomic mass is 32.1. The van der Waals surface area contributed by atoms with Crippen molar-refractivity contribution in [1.82, 2.24) is 9.88 Å². The van der Waals surface area contributed by atoms with Gasteiger partial charge in [-0.15, -0.1) is 11.3 Å². The molecule has 0 aliphatic carbocycles. The lowest BCUT2D eigenvalue weighted by molar-refractivity contribution is -0.138. The van der Waals surface area contributed by atoms with Crippen LogP contribution in [0.3, 0.4) is 0 Å². The molecule has 0 radical (unpaired) electrons. The average Bonchev–Trinajstić information content (AvgIpc) is 2.97. The molecule has 3 rings (SSSR count). The molecule has 1 fully saturated rings. The van der Waals surface area contributed by atoms with Crippen LogP contribution in [-0.2, 0) is 16.0 Å². The van der Waals surface area contributed by atoms with E-state index in [2.05, 4.69) is 4.98 Å². The Morgan fingerprint density at radius 2 is 2.24 bits per heavy atom. The number of carbonyl (C=O) groups excluding carboxylic acids is 1. The average molecular weight is 302 g/mol. The van der Waals surface area contributed by atoms with Crippen LogP contribution in [0.1, 0.15) is 12.6 Å². The summed E-state index contributed by atoms with van der Waals surface area (Å²) < 4.78 is 5.37. The summed E-state index contributed by atoms with van der Waals surface area (Å²) >= 11 is 1.59. The maximum absolute atomic E-state index is 12.4. The fraction of sp³-hybridized carbons (Fsp3) is 0.375. The topological polar surface area (TPSA) is 42.4 Å². The minimum atomic E-state index is 0.135. The Hall–Kier alpha value is -1.72. The van der Waals surface area contributed by atoms with E-state index in [0.29, 0.717) is 26.2 Å². The highest BCUT2D eigenvalue weighted by Gasteiger charge is 2.24. The Morgan fingerprint density at radius 1 is 1.43 bits per heavy atom. The number of carbonyl (C=O) groups is 1. The van der Waals surface area contributed by atoms with E-state index in [1.165, 1.54) is 0 Å². The van der Waals surface area contributed by atoms with Gasteiger partial charge in [0.25, 0.3) is 0 Å². The first-order valence-corrected chi connectivity index (χ1v) is 7.99. The zero-order valence-electron chi connectivity index (χ0n) is 12.0. The molecule has 1 amide bonds. The zero-order chi connectivity index (χ0) is 14.7. The van der Waals surface area contributed by atoms with Gasteiger partial charge in [-0.1, -0.05) is 30.3 Å². The third kappa shape index (κ3) is 3.31. The minimum absolute atomic E-state index is 0.135. The summed E-state index contributed by atoms with van der Waals surface area (Å²) in [6.45, 7) is 3.95. The molecule has 2 heterocycles. The van der Waals surface area contributed by atoms with Gasteiger partial charge in [0.2, 0.25) is 5.91 Å². The van der Waals surface area contributed by atoms with Crippen molar-refractivity contribution in [3.05, 3.63) is 41.4 Å². The first-order valence-electron chi connectivity index (χ1n) is 7.11. The molecule has 1 aliphatic heterocycles. The molecular formula is C16H18N2O2S. The quantitative estimate of drug-likeness (QED) is 0.875. The molecule has 5 heteroatoms. The van der Waals surface area contributed by atoms with Gasteiger partial charge in [-0.25, -0.2) is 4.98 Å². The molecular weight excluding hydrogens is 284 g/mol. The van der Waals surface area contributed by atoms with Crippen molar-refractivity contribution >= 4 is 17.2 Å². The molecule has 1 unspecified atom stereocenters. The Morgan fingerprint density at radius 3 is 3.00 bits per heavy atom. The van der Waals surface area contributed by atoms with Crippen LogP contribution in [-0.4, -0.2) is 41.6 Å². The highest BCUT2D eigenvalue weighted by molar-refractivity contribution is 7.13. The molecule has 1 aliphatic rings. The third-order valence-corrected chi connectivity index (χ3v) is 4.53. The predicted molar refractivity (Wildman–Crippen MR) is 83.2 cm³/mol. The molecule has 4 nitrogen and oxygen atoms in total. The van der Waals surface area contributed by atoms with E-state index >= 15 is 0 Å². The van der Waals surface area contributed by atoms with E-state index in [1.807, 2.05) is 47.5 Å². The van der Waals surface area contributed by atoms with Crippen molar-refractivity contribution < 1.29 is 9.53 Å². The van der Waals surface area contributed by atoms with Crippen LogP contribution in [0.2, 0.25) is 0 Å². The van der Waals surface area contributed by atoms with Crippen molar-refractivity contribution in [1.29, 1.82) is 0 Å². The number of hydrogen-bond acceptors (Lipinski definition) is 4. The van der Waals surface area contributed by atoms with Crippen LogP contribution in [0.15, 0.2) is 35.7 Å². The van der Waals surface area contributed by atoms with Gasteiger partial charge >= 0.3 is 0 Å². The number of rotatable bonds is 3. The molecule has 21 heavy (non-hydrogen) atoms. The lowest BCUT2D eigenvalue weighted by Gasteiger charge is -2.33. The summed E-state index contributed by atoms with van der Waals surface area (Å²) in [5, 5.41) is 2.94. The van der Waals surface area contributed by atoms with Gasteiger partial charge in [-0.2, -0.15) is 0 Å². The zero-order valence-corrected chi connectivity index (χ0v) is 12.8. The van der Waals surface area contributed by atoms with E-state index in [-0.39, 0.29) is 11.9 Å². The Bertz CT molecular complexity index is 612. The van der Waals surface area contributed by atoms with Gasteiger partial charge < -0.3 is 9.64 Å². The Labute approximate surface area is 128 Å². The van der Waals surface area contributed by atoms with E-state index in [0.717, 1.165) is 16.3 Å². The van der Waals surface area contributed by atoms with E-state index in [9.17, 15) is 4.79 Å². The van der Waals surface area contributed by atoms with Crippen LogP contribution in [0.5, 0.6) is 0 Å². The maximum atomic E-state index is 12.4. The second-order valence-electron chi connectivity index (χ2n) is 5.20. The van der Waals surface area contributed by atoms with Crippen LogP contribution >= 0.6 is 11.3 Å². The van der Waals surface area contributed by atoms with Crippen molar-refractivity contribution in [2.45, 2.75) is 19.4 Å². The van der Waals surface area contributed by atoms with Gasteiger partial charge in [-0.3, -0.25) is 4.79 Å². The molecule has 0 saturated carbocycles. The van der Waals surface area contributed by atoms with Gasteiger partial charge in [0.1, 0.15) is 5.01 Å². The monoisotopic (exact) mass is 302 g/mol. The van der Waals surface area contributed by atoms with Crippen molar-refractivity contribution in [3.8, 4) is 10.6 Å². The molecule has 2 aromatic rings. The molecule has 1 atom stereocenters. The van der Waals surface area contributed by atoms with E-state index in [1.54, 1.807) is 11.3 Å². The van der Waals surface area contributed by atoms with E-state index < -0.39 is 0 Å². The molecule has 0 bridgehead atoms. The molecule has 0 spiro atoms. The second kappa shape index (κ2) is 6.37. The largest absolute Gasteiger partial charge is 0.377 e. The fourth-order valence-corrected chi connectivity index (χ4v) is 3.28. The van der Waals surface area contributed by atoms with Crippen molar-refractivity contribution in [3.63, 3.8) is 0 Å². The molecule has 1 saturated heterocycles. The van der Waals surface area contributed by atoms with Gasteiger partial charge in [-0.05, 0) is 6.92 Å². The van der Waals surface area contributed by atoms with E-state index in [4.69, 9.17) is 4.74 Å². The van der Waals surface area contributed by atoms with Gasteiger partial charge in [0, 0.05) is 17.5 Å². The third-order valence-electron chi connectivity index (χ3n) is 3.59. The lowest BCUT2D eigenvalue weighted by Crippen LogP contribution is -2.47. The molecule has 1 aromatic heterocycles. The van der Waals surface area contributed by atoms with Crippen LogP contribution in [0, 0.1) is 0 Å². The molecule has 110 valence electrons. The number of amides is 1. The summed E-state index contributed by atoms with van der Waals surface area (Å²) in [4.78, 5) is 18.8. The highest BCUT2D eigenvalue weighted by Crippen LogP contribution is 2.23.